The lowest BCUT2D eigenvalue weighted by Gasteiger charge is -2.25. The van der Waals surface area contributed by atoms with Crippen molar-refractivity contribution in [3.63, 3.8) is 0 Å². The predicted octanol–water partition coefficient (Wildman–Crippen LogP) is 4.44. The molecule has 1 aromatic carbocycles. The molecule has 1 N–H and O–H groups in total. The van der Waals surface area contributed by atoms with Crippen LogP contribution in [0.2, 0.25) is 0 Å². The minimum Gasteiger partial charge on any atom is -0.497 e. The Morgan fingerprint density at radius 1 is 1.20 bits per heavy atom. The van der Waals surface area contributed by atoms with Crippen molar-refractivity contribution >= 4 is 17.4 Å². The first-order chi connectivity index (χ1) is 14.6. The third-order valence-electron chi connectivity index (χ3n) is 5.31. The molecule has 6 heteroatoms. The molecule has 30 heavy (non-hydrogen) atoms. The fourth-order valence-corrected chi connectivity index (χ4v) is 3.95. The molecule has 4 rings (SSSR count). The summed E-state index contributed by atoms with van der Waals surface area (Å²) in [6.45, 7) is 2.73. The Bertz CT molecular complexity index is 1020. The lowest BCUT2D eigenvalue weighted by molar-refractivity contribution is -0.131. The van der Waals surface area contributed by atoms with Gasteiger partial charge in [0.25, 0.3) is 0 Å². The predicted molar refractivity (Wildman–Crippen MR) is 117 cm³/mol. The van der Waals surface area contributed by atoms with Crippen molar-refractivity contribution in [3.05, 3.63) is 77.7 Å². The van der Waals surface area contributed by atoms with Gasteiger partial charge in [-0.15, -0.1) is 0 Å². The Morgan fingerprint density at radius 2 is 2.10 bits per heavy atom. The van der Waals surface area contributed by atoms with E-state index in [1.807, 2.05) is 66.4 Å². The highest BCUT2D eigenvalue weighted by molar-refractivity contribution is 5.79. The van der Waals surface area contributed by atoms with Crippen molar-refractivity contribution in [2.75, 3.05) is 19.0 Å². The van der Waals surface area contributed by atoms with E-state index in [0.717, 1.165) is 53.6 Å². The maximum Gasteiger partial charge on any atom is 0.227 e. The second-order valence-electron chi connectivity index (χ2n) is 7.54. The Hall–Kier alpha value is -3.41. The van der Waals surface area contributed by atoms with Gasteiger partial charge in [-0.25, -0.2) is 4.98 Å². The number of nitrogens with zero attached hydrogens (tertiary/aromatic N) is 3. The number of carbonyl (C=O) groups excluding carboxylic acids is 1. The maximum absolute atomic E-state index is 13.1. The zero-order chi connectivity index (χ0) is 20.9. The number of carbonyl (C=O) groups is 1. The minimum atomic E-state index is -0.00714. The first kappa shape index (κ1) is 19.9. The van der Waals surface area contributed by atoms with E-state index in [9.17, 15) is 4.79 Å². The number of likely N-dealkylation sites (tertiary alicyclic amines) is 1. The summed E-state index contributed by atoms with van der Waals surface area (Å²) < 4.78 is 5.28. The SMILES string of the molecule is COc1cccc(CC(=O)N2CCC[C@H]2c2cc(Nc3ccccn3)cc(C)n2)c1. The van der Waals surface area contributed by atoms with Gasteiger partial charge in [-0.3, -0.25) is 9.78 Å². The van der Waals surface area contributed by atoms with Crippen LogP contribution in [-0.4, -0.2) is 34.4 Å². The van der Waals surface area contributed by atoms with E-state index in [2.05, 4.69) is 10.3 Å². The average molecular weight is 402 g/mol. The zero-order valence-electron chi connectivity index (χ0n) is 17.3. The Balaban J connectivity index is 1.53. The number of amides is 1. The summed E-state index contributed by atoms with van der Waals surface area (Å²) in [6.07, 6.45) is 4.02. The fraction of sp³-hybridized carbons (Fsp3) is 0.292. The molecule has 1 aliphatic heterocycles. The number of anilines is 2. The van der Waals surface area contributed by atoms with Crippen molar-refractivity contribution in [1.29, 1.82) is 0 Å². The molecule has 1 atom stereocenters. The van der Waals surface area contributed by atoms with E-state index in [-0.39, 0.29) is 11.9 Å². The molecule has 0 saturated carbocycles. The van der Waals surface area contributed by atoms with Gasteiger partial charge in [0.1, 0.15) is 11.6 Å². The number of hydrogen-bond acceptors (Lipinski definition) is 5. The smallest absolute Gasteiger partial charge is 0.227 e. The quantitative estimate of drug-likeness (QED) is 0.660. The second-order valence-corrected chi connectivity index (χ2v) is 7.54. The van der Waals surface area contributed by atoms with Crippen LogP contribution in [0.3, 0.4) is 0 Å². The normalized spacial score (nSPS) is 15.8. The second kappa shape index (κ2) is 8.95. The number of ether oxygens (including phenoxy) is 1. The van der Waals surface area contributed by atoms with Crippen LogP contribution in [0.5, 0.6) is 5.75 Å². The number of benzene rings is 1. The van der Waals surface area contributed by atoms with Gasteiger partial charge in [-0.1, -0.05) is 18.2 Å². The van der Waals surface area contributed by atoms with Crippen LogP contribution < -0.4 is 10.1 Å². The number of nitrogens with one attached hydrogen (secondary N) is 1. The number of aromatic nitrogens is 2. The molecule has 1 fully saturated rings. The largest absolute Gasteiger partial charge is 0.497 e. The van der Waals surface area contributed by atoms with Gasteiger partial charge in [0, 0.05) is 24.1 Å². The van der Waals surface area contributed by atoms with Crippen LogP contribution in [0.4, 0.5) is 11.5 Å². The molecular formula is C24H26N4O2. The molecule has 0 bridgehead atoms. The van der Waals surface area contributed by atoms with E-state index in [0.29, 0.717) is 6.42 Å². The summed E-state index contributed by atoms with van der Waals surface area (Å²) in [6, 6.07) is 17.5. The summed E-state index contributed by atoms with van der Waals surface area (Å²) in [7, 11) is 1.64. The van der Waals surface area contributed by atoms with Gasteiger partial charge in [0.15, 0.2) is 0 Å². The van der Waals surface area contributed by atoms with Gasteiger partial charge in [-0.05, 0) is 61.7 Å². The summed E-state index contributed by atoms with van der Waals surface area (Å²) in [5.41, 5.74) is 3.73. The molecule has 3 heterocycles. The van der Waals surface area contributed by atoms with Crippen molar-refractivity contribution in [2.24, 2.45) is 0 Å². The van der Waals surface area contributed by atoms with Crippen LogP contribution in [0.25, 0.3) is 0 Å². The summed E-state index contributed by atoms with van der Waals surface area (Å²) in [5, 5.41) is 3.34. The molecule has 3 aromatic rings. The third-order valence-corrected chi connectivity index (χ3v) is 5.31. The van der Waals surface area contributed by atoms with Gasteiger partial charge < -0.3 is 15.0 Å². The van der Waals surface area contributed by atoms with Gasteiger partial charge in [0.05, 0.1) is 25.3 Å². The van der Waals surface area contributed by atoms with Gasteiger partial charge >= 0.3 is 0 Å². The zero-order valence-corrected chi connectivity index (χ0v) is 17.3. The molecule has 1 saturated heterocycles. The van der Waals surface area contributed by atoms with Crippen LogP contribution in [0, 0.1) is 6.92 Å². The Kier molecular flexibility index (Phi) is 5.93. The topological polar surface area (TPSA) is 67.3 Å². The summed E-state index contributed by atoms with van der Waals surface area (Å²) in [5.74, 6) is 1.67. The lowest BCUT2D eigenvalue weighted by Crippen LogP contribution is -2.32. The van der Waals surface area contributed by atoms with E-state index in [1.54, 1.807) is 13.3 Å². The molecule has 1 amide bonds. The highest BCUT2D eigenvalue weighted by Gasteiger charge is 2.31. The number of pyridine rings is 2. The average Bonchev–Trinajstić information content (AvgIpc) is 3.24. The van der Waals surface area contributed by atoms with E-state index >= 15 is 0 Å². The first-order valence-electron chi connectivity index (χ1n) is 10.2. The summed E-state index contributed by atoms with van der Waals surface area (Å²) >= 11 is 0. The van der Waals surface area contributed by atoms with Gasteiger partial charge in [0.2, 0.25) is 5.91 Å². The number of hydrogen-bond donors (Lipinski definition) is 1. The van der Waals surface area contributed by atoms with E-state index in [4.69, 9.17) is 9.72 Å². The van der Waals surface area contributed by atoms with E-state index < -0.39 is 0 Å². The van der Waals surface area contributed by atoms with Crippen molar-refractivity contribution in [1.82, 2.24) is 14.9 Å². The molecule has 0 spiro atoms. The highest BCUT2D eigenvalue weighted by atomic mass is 16.5. The third kappa shape index (κ3) is 4.59. The lowest BCUT2D eigenvalue weighted by atomic mass is 10.1. The maximum atomic E-state index is 13.1. The molecule has 0 aliphatic carbocycles. The van der Waals surface area contributed by atoms with E-state index in [1.165, 1.54) is 0 Å². The molecule has 2 aromatic heterocycles. The van der Waals surface area contributed by atoms with Crippen molar-refractivity contribution in [3.8, 4) is 5.75 Å². The molecule has 154 valence electrons. The number of rotatable bonds is 6. The number of methoxy groups -OCH3 is 1. The fourth-order valence-electron chi connectivity index (χ4n) is 3.95. The van der Waals surface area contributed by atoms with Gasteiger partial charge in [-0.2, -0.15) is 0 Å². The minimum absolute atomic E-state index is 0.00714. The Labute approximate surface area is 176 Å². The molecule has 0 unspecified atom stereocenters. The monoisotopic (exact) mass is 402 g/mol. The standard InChI is InChI=1S/C24H26N4O2/c1-17-13-19(27-23-10-3-4-11-25-23)16-21(26-17)22-9-6-12-28(22)24(29)15-18-7-5-8-20(14-18)30-2/h3-5,7-8,10-11,13-14,16,22H,6,9,12,15H2,1-2H3,(H,25,26,27)/t22-/m0/s1. The van der Waals surface area contributed by atoms with Crippen LogP contribution in [-0.2, 0) is 11.2 Å². The first-order valence-corrected chi connectivity index (χ1v) is 10.2. The molecule has 1 aliphatic rings. The number of aryl methyl sites for hydroxylation is 1. The van der Waals surface area contributed by atoms with Crippen molar-refractivity contribution in [2.45, 2.75) is 32.2 Å². The molecule has 6 nitrogen and oxygen atoms in total. The molecular weight excluding hydrogens is 376 g/mol. The Morgan fingerprint density at radius 3 is 2.90 bits per heavy atom. The van der Waals surface area contributed by atoms with Crippen LogP contribution in [0.15, 0.2) is 60.8 Å². The van der Waals surface area contributed by atoms with Crippen LogP contribution in [0.1, 0.15) is 35.8 Å². The highest BCUT2D eigenvalue weighted by Crippen LogP contribution is 2.33. The molecule has 0 radical (unpaired) electrons. The van der Waals surface area contributed by atoms with Crippen LogP contribution >= 0.6 is 0 Å². The van der Waals surface area contributed by atoms with Crippen molar-refractivity contribution < 1.29 is 9.53 Å². The summed E-state index contributed by atoms with van der Waals surface area (Å²) in [4.78, 5) is 24.1.